The molecule has 0 radical (unpaired) electrons. The maximum atomic E-state index is 12.6. The van der Waals surface area contributed by atoms with Gasteiger partial charge < -0.3 is 18.9 Å². The van der Waals surface area contributed by atoms with Crippen LogP contribution in [0, 0.1) is 0 Å². The predicted molar refractivity (Wildman–Crippen MR) is 111 cm³/mol. The van der Waals surface area contributed by atoms with E-state index in [1.807, 2.05) is 20.8 Å². The third-order valence-electron chi connectivity index (χ3n) is 3.68. The zero-order chi connectivity index (χ0) is 21.4. The summed E-state index contributed by atoms with van der Waals surface area (Å²) in [6, 6.07) is 9.65. The van der Waals surface area contributed by atoms with Crippen molar-refractivity contribution < 1.29 is 27.4 Å². The summed E-state index contributed by atoms with van der Waals surface area (Å²) >= 11 is 0. The quantitative estimate of drug-likeness (QED) is 0.467. The second kappa shape index (κ2) is 10.0. The number of hydrazone groups is 1. The first-order chi connectivity index (χ1) is 13.8. The van der Waals surface area contributed by atoms with Gasteiger partial charge in [0, 0.05) is 6.07 Å². The lowest BCUT2D eigenvalue weighted by atomic mass is 10.2. The van der Waals surface area contributed by atoms with E-state index in [2.05, 4.69) is 9.93 Å². The second-order valence-electron chi connectivity index (χ2n) is 6.18. The zero-order valence-electron chi connectivity index (χ0n) is 17.1. The van der Waals surface area contributed by atoms with Crippen LogP contribution in [-0.2, 0) is 10.0 Å². The van der Waals surface area contributed by atoms with E-state index in [1.54, 1.807) is 18.2 Å². The van der Waals surface area contributed by atoms with Gasteiger partial charge in [0.1, 0.15) is 16.4 Å². The summed E-state index contributed by atoms with van der Waals surface area (Å²) in [4.78, 5) is 2.14. The molecule has 2 aromatic carbocycles. The summed E-state index contributed by atoms with van der Waals surface area (Å²) in [5.41, 5.74) is 0.647. The molecule has 0 aliphatic carbocycles. The molecule has 0 saturated carbocycles. The Morgan fingerprint density at radius 3 is 2.41 bits per heavy atom. The summed E-state index contributed by atoms with van der Waals surface area (Å²) in [7, 11) is -1.06. The molecule has 0 unspecified atom stereocenters. The fraction of sp³-hybridized carbons (Fsp3) is 0.350. The Bertz CT molecular complexity index is 957. The molecule has 158 valence electrons. The number of hydrogen-bond acceptors (Lipinski definition) is 7. The molecule has 9 heteroatoms. The van der Waals surface area contributed by atoms with E-state index in [1.165, 1.54) is 38.6 Å². The molecule has 0 heterocycles. The summed E-state index contributed by atoms with van der Waals surface area (Å²) in [5.74, 6) is 1.81. The molecule has 0 bridgehead atoms. The molecule has 2 aromatic rings. The molecule has 0 spiro atoms. The predicted octanol–water partition coefficient (Wildman–Crippen LogP) is 3.20. The highest BCUT2D eigenvalue weighted by Crippen LogP contribution is 2.29. The summed E-state index contributed by atoms with van der Waals surface area (Å²) in [6.45, 7) is 6.19. The number of rotatable bonds is 10. The topological polar surface area (TPSA) is 95.5 Å². The third-order valence-corrected chi connectivity index (χ3v) is 4.94. The van der Waals surface area contributed by atoms with Crippen LogP contribution in [0.5, 0.6) is 23.0 Å². The van der Waals surface area contributed by atoms with Gasteiger partial charge in [0.05, 0.1) is 33.1 Å². The maximum absolute atomic E-state index is 12.6. The molecule has 1 N–H and O–H groups in total. The Kier molecular flexibility index (Phi) is 7.72. The zero-order valence-corrected chi connectivity index (χ0v) is 17.9. The van der Waals surface area contributed by atoms with Crippen molar-refractivity contribution >= 4 is 16.2 Å². The lowest BCUT2D eigenvalue weighted by Crippen LogP contribution is -2.19. The largest absolute Gasteiger partial charge is 0.497 e. The second-order valence-corrected chi connectivity index (χ2v) is 7.80. The van der Waals surface area contributed by atoms with Gasteiger partial charge in [-0.05, 0) is 56.7 Å². The Balaban J connectivity index is 2.21. The molecule has 0 aliphatic heterocycles. The molecule has 8 nitrogen and oxygen atoms in total. The minimum absolute atomic E-state index is 0.00000916. The van der Waals surface area contributed by atoms with E-state index in [0.717, 1.165) is 0 Å². The normalized spacial score (nSPS) is 11.5. The van der Waals surface area contributed by atoms with E-state index >= 15 is 0 Å². The van der Waals surface area contributed by atoms with Gasteiger partial charge in [0.25, 0.3) is 10.0 Å². The first-order valence-electron chi connectivity index (χ1n) is 9.01. The first-order valence-corrected chi connectivity index (χ1v) is 10.5. The fourth-order valence-electron chi connectivity index (χ4n) is 2.44. The van der Waals surface area contributed by atoms with Gasteiger partial charge >= 0.3 is 0 Å². The number of methoxy groups -OCH3 is 2. The minimum Gasteiger partial charge on any atom is -0.497 e. The van der Waals surface area contributed by atoms with Crippen LogP contribution in [0.2, 0.25) is 0 Å². The molecule has 29 heavy (non-hydrogen) atoms. The highest BCUT2D eigenvalue weighted by atomic mass is 32.2. The van der Waals surface area contributed by atoms with Crippen molar-refractivity contribution in [1.29, 1.82) is 0 Å². The lowest BCUT2D eigenvalue weighted by Gasteiger charge is -2.14. The Labute approximate surface area is 171 Å². The van der Waals surface area contributed by atoms with Crippen molar-refractivity contribution in [1.82, 2.24) is 4.83 Å². The Hall–Kier alpha value is -2.94. The van der Waals surface area contributed by atoms with Gasteiger partial charge in [-0.1, -0.05) is 0 Å². The highest BCUT2D eigenvalue weighted by Gasteiger charge is 2.19. The molecule has 0 aliphatic rings. The molecular formula is C20H26N2O6S. The highest BCUT2D eigenvalue weighted by molar-refractivity contribution is 7.89. The van der Waals surface area contributed by atoms with Crippen molar-refractivity contribution in [3.63, 3.8) is 0 Å². The van der Waals surface area contributed by atoms with E-state index < -0.39 is 10.0 Å². The van der Waals surface area contributed by atoms with Crippen molar-refractivity contribution in [2.24, 2.45) is 5.10 Å². The van der Waals surface area contributed by atoms with Crippen LogP contribution in [0.3, 0.4) is 0 Å². The molecule has 0 saturated heterocycles. The first kappa shape index (κ1) is 22.4. The smallest absolute Gasteiger partial charge is 0.280 e. The van der Waals surface area contributed by atoms with Gasteiger partial charge in [-0.2, -0.15) is 18.4 Å². The summed E-state index contributed by atoms with van der Waals surface area (Å²) in [6.07, 6.45) is 1.38. The molecule has 0 aromatic heterocycles. The van der Waals surface area contributed by atoms with Crippen LogP contribution in [0.25, 0.3) is 0 Å². The average molecular weight is 423 g/mol. The van der Waals surface area contributed by atoms with Crippen molar-refractivity contribution in [2.45, 2.75) is 31.8 Å². The number of nitrogens with one attached hydrogen (secondary N) is 1. The van der Waals surface area contributed by atoms with Gasteiger partial charge in [-0.3, -0.25) is 0 Å². The van der Waals surface area contributed by atoms with Gasteiger partial charge in [-0.15, -0.1) is 0 Å². The van der Waals surface area contributed by atoms with Crippen LogP contribution in [0.1, 0.15) is 26.3 Å². The van der Waals surface area contributed by atoms with Gasteiger partial charge in [0.2, 0.25) is 0 Å². The standard InChI is InChI=1S/C20H26N2O6S/c1-6-27-18-11-15(7-9-17(18)28-14(2)3)13-21-22-29(23,24)20-10-8-16(25-4)12-19(20)26-5/h7-14,22H,6H2,1-5H3/b21-13+. The van der Waals surface area contributed by atoms with Crippen LogP contribution in [0.15, 0.2) is 46.4 Å². The lowest BCUT2D eigenvalue weighted by molar-refractivity contribution is 0.224. The molecule has 0 amide bonds. The monoisotopic (exact) mass is 422 g/mol. The number of benzene rings is 2. The van der Waals surface area contributed by atoms with Crippen molar-refractivity contribution in [3.05, 3.63) is 42.0 Å². The van der Waals surface area contributed by atoms with Gasteiger partial charge in [-0.25, -0.2) is 0 Å². The Morgan fingerprint density at radius 2 is 1.79 bits per heavy atom. The summed E-state index contributed by atoms with van der Waals surface area (Å²) in [5, 5.41) is 3.85. The molecular weight excluding hydrogens is 396 g/mol. The third kappa shape index (κ3) is 6.02. The van der Waals surface area contributed by atoms with Crippen LogP contribution in [0.4, 0.5) is 0 Å². The molecule has 0 atom stereocenters. The maximum Gasteiger partial charge on any atom is 0.280 e. The van der Waals surface area contributed by atoms with Crippen LogP contribution >= 0.6 is 0 Å². The fourth-order valence-corrected chi connectivity index (χ4v) is 3.39. The molecule has 2 rings (SSSR count). The number of hydrogen-bond donors (Lipinski definition) is 1. The van der Waals surface area contributed by atoms with Gasteiger partial charge in [0.15, 0.2) is 11.5 Å². The molecule has 0 fully saturated rings. The number of nitrogens with zero attached hydrogens (tertiary/aromatic N) is 1. The SMILES string of the molecule is CCOc1cc(/C=N/NS(=O)(=O)c2ccc(OC)cc2OC)ccc1OC(C)C. The summed E-state index contributed by atoms with van der Waals surface area (Å²) < 4.78 is 46.6. The number of ether oxygens (including phenoxy) is 4. The van der Waals surface area contributed by atoms with E-state index in [-0.39, 0.29) is 16.7 Å². The van der Waals surface area contributed by atoms with Crippen molar-refractivity contribution in [3.8, 4) is 23.0 Å². The van der Waals surface area contributed by atoms with E-state index in [0.29, 0.717) is 29.4 Å². The number of sulfonamides is 1. The Morgan fingerprint density at radius 1 is 1.03 bits per heavy atom. The van der Waals surface area contributed by atoms with Crippen molar-refractivity contribution in [2.75, 3.05) is 20.8 Å². The van der Waals surface area contributed by atoms with Crippen LogP contribution in [-0.4, -0.2) is 41.6 Å². The van der Waals surface area contributed by atoms with Crippen LogP contribution < -0.4 is 23.8 Å². The minimum atomic E-state index is -3.93. The average Bonchev–Trinajstić information content (AvgIpc) is 2.69. The van der Waals surface area contributed by atoms with E-state index in [9.17, 15) is 8.42 Å². The van der Waals surface area contributed by atoms with E-state index in [4.69, 9.17) is 18.9 Å².